The van der Waals surface area contributed by atoms with E-state index in [4.69, 9.17) is 90.0 Å². The monoisotopic (exact) mass is 1820 g/mol. The Morgan fingerprint density at radius 3 is 2.01 bits per heavy atom. The van der Waals surface area contributed by atoms with Gasteiger partial charge in [0, 0.05) is 117 Å². The van der Waals surface area contributed by atoms with Crippen LogP contribution >= 0.6 is 24.0 Å². The standard InChI is InChI=1S/C93H138FN7O24S2/c1-60-15-11-10-12-16-61(2)78(112-8)56-71-22-18-65(6)93(111,125-71)88(107)90(109)101-31-14-13-17-74(101)91(110)123-79(57-75(102)62(3)52-64(5)86(105)87(106)85(104)63(4)51-60)73(95)53-67-19-24-77(80(54-67)113-9)124-92(126)98-29-34-115-37-39-117-41-43-119-45-47-121-49-48-120-46-44-118-42-40-116-38-36-114-33-28-83(103)97-30-50-127-81-26-23-72(66(7)84(81)94)89(108)100-32-35-122-76-25-20-68(55-70(76)59-100)69-21-27-82(96)99-58-69/h10-12,15-16,20-21,23,25-27,52,55,58,60,62-63,65,67,71,73-75,77-80,86-87,102,105-106,111H,13-14,17-19,22,24,28-51,53-54,56-57,59,95H2,1-9H3,(H2,96,99)(H,97,103)(H,98,126)/b12-10?,15-11+,61-16?,64-52+/t60-,62-,63-,65-,67+,71+,73-,74+,75?,77-,78+,79+,80-,86-,87+,93-/m1/s1. The minimum absolute atomic E-state index is 0.0272. The number of methoxy groups -OCH3 is 2. The number of nitrogens with zero attached hydrogens (tertiary/aromatic N) is 3. The summed E-state index contributed by atoms with van der Waals surface area (Å²) in [5.41, 5.74) is 17.1. The molecule has 127 heavy (non-hydrogen) atoms. The van der Waals surface area contributed by atoms with Crippen molar-refractivity contribution in [1.29, 1.82) is 0 Å². The SMILES string of the molecule is CO[C@H]1C[C@@H]2CC[C@@H](C)[C@@](O)(O2)C(=O)C(=O)N2CCCC[C@H]2C(=O)O[C@H]([C@H](N)C[C@@H]2CC[C@@H](OC(=S)NCCOCCOCCOCCOCCOCCOCCOCCOCCC(=O)NCCSc3ccc(C(=O)N4CCOc5ccc(-c6ccc(N)nc6)cc5C4)c(C)c3F)[C@H](OC)C2)CC(O)[C@H](C)/C=C(\C)[C@@H](O)[C@@H](O)C(=O)[C@H](C)C[C@H](C)/C=C/C=CC=C1C. The number of piperidine rings is 1. The van der Waals surface area contributed by atoms with E-state index in [1.165, 1.54) is 11.8 Å². The lowest BCUT2D eigenvalue weighted by molar-refractivity contribution is -0.265. The number of allylic oxidation sites excluding steroid dienone is 5. The number of carbonyl (C=O) groups excluding carboxylic acids is 6. The number of aliphatic hydroxyl groups excluding tert-OH is 3. The topological polar surface area (TPSA) is 408 Å². The van der Waals surface area contributed by atoms with Crippen molar-refractivity contribution in [3.8, 4) is 16.9 Å². The van der Waals surface area contributed by atoms with Crippen LogP contribution in [-0.4, -0.2) is 301 Å². The third-order valence-corrected chi connectivity index (χ3v) is 25.0. The number of carbonyl (C=O) groups is 6. The number of benzene rings is 2. The number of fused-ring (bicyclic) bond motifs is 4. The van der Waals surface area contributed by atoms with Crippen LogP contribution in [0.1, 0.15) is 146 Å². The normalized spacial score (nSPS) is 26.8. The predicted octanol–water partition coefficient (Wildman–Crippen LogP) is 8.47. The molecule has 1 aromatic heterocycles. The number of aliphatic hydroxyl groups is 4. The molecule has 3 amide bonds. The zero-order chi connectivity index (χ0) is 91.8. The number of thioether (sulfide) groups is 1. The molecular weight excluding hydrogens is 1680 g/mol. The summed E-state index contributed by atoms with van der Waals surface area (Å²) in [6, 6.07) is 10.6. The molecule has 31 nitrogen and oxygen atoms in total. The van der Waals surface area contributed by atoms with Crippen molar-refractivity contribution in [2.45, 2.75) is 210 Å². The van der Waals surface area contributed by atoms with Gasteiger partial charge >= 0.3 is 5.97 Å². The molecule has 3 aromatic rings. The van der Waals surface area contributed by atoms with Crippen LogP contribution in [0.3, 0.4) is 0 Å². The first-order chi connectivity index (χ1) is 61.1. The van der Waals surface area contributed by atoms with Gasteiger partial charge in [0.1, 0.15) is 54.4 Å². The van der Waals surface area contributed by atoms with E-state index in [2.05, 4.69) is 15.6 Å². The largest absolute Gasteiger partial charge is 0.491 e. The molecule has 16 atom stereocenters. The van der Waals surface area contributed by atoms with E-state index in [9.17, 15) is 49.2 Å². The second-order valence-electron chi connectivity index (χ2n) is 33.3. The van der Waals surface area contributed by atoms with Gasteiger partial charge in [-0.25, -0.2) is 14.2 Å². The van der Waals surface area contributed by atoms with Crippen molar-refractivity contribution >= 4 is 70.2 Å². The Balaban J connectivity index is 0.636. The Kier molecular flexibility index (Phi) is 46.1. The Bertz CT molecular complexity index is 4050. The molecule has 5 aliphatic rings. The van der Waals surface area contributed by atoms with Crippen LogP contribution in [0.5, 0.6) is 5.75 Å². The molecule has 5 heterocycles. The van der Waals surface area contributed by atoms with Gasteiger partial charge in [-0.1, -0.05) is 70.2 Å². The molecule has 2 aromatic carbocycles. The highest BCUT2D eigenvalue weighted by Crippen LogP contribution is 2.39. The fourth-order valence-corrected chi connectivity index (χ4v) is 17.2. The highest BCUT2D eigenvalue weighted by atomic mass is 32.2. The Labute approximate surface area is 756 Å². The lowest BCUT2D eigenvalue weighted by Gasteiger charge is -2.43. The van der Waals surface area contributed by atoms with E-state index in [1.807, 2.05) is 68.5 Å². The van der Waals surface area contributed by atoms with Crippen molar-refractivity contribution < 1.29 is 120 Å². The number of nitrogen functional groups attached to an aromatic ring is 1. The van der Waals surface area contributed by atoms with Crippen molar-refractivity contribution in [1.82, 2.24) is 25.4 Å². The van der Waals surface area contributed by atoms with E-state index in [1.54, 1.807) is 84.2 Å². The van der Waals surface area contributed by atoms with Gasteiger partial charge in [0.15, 0.2) is 5.78 Å². The number of hydrogen-bond acceptors (Lipinski definition) is 29. The van der Waals surface area contributed by atoms with Crippen LogP contribution in [0, 0.1) is 42.3 Å². The maximum absolute atomic E-state index is 15.7. The molecule has 1 saturated carbocycles. The van der Waals surface area contributed by atoms with Gasteiger partial charge in [-0.15, -0.1) is 11.8 Å². The summed E-state index contributed by atoms with van der Waals surface area (Å²) in [5, 5.41) is 52.7. The number of thiocarbonyl (C=S) groups is 1. The number of halogens is 1. The summed E-state index contributed by atoms with van der Waals surface area (Å²) in [6.45, 7) is 19.5. The number of aromatic nitrogens is 1. The van der Waals surface area contributed by atoms with E-state index in [-0.39, 0.29) is 84.4 Å². The number of esters is 1. The third-order valence-electron chi connectivity index (χ3n) is 23.7. The van der Waals surface area contributed by atoms with Gasteiger partial charge in [-0.3, -0.25) is 24.0 Å². The summed E-state index contributed by atoms with van der Waals surface area (Å²) in [7, 11) is 3.14. The molecule has 1 aliphatic carbocycles. The van der Waals surface area contributed by atoms with Crippen molar-refractivity contribution in [3.63, 3.8) is 0 Å². The minimum atomic E-state index is -2.49. The van der Waals surface area contributed by atoms with E-state index >= 15 is 4.39 Å². The number of anilines is 1. The average molecular weight is 1820 g/mol. The van der Waals surface area contributed by atoms with Crippen molar-refractivity contribution in [2.24, 2.45) is 35.3 Å². The van der Waals surface area contributed by atoms with Crippen LogP contribution in [0.2, 0.25) is 0 Å². The third kappa shape index (κ3) is 34.1. The van der Waals surface area contributed by atoms with E-state index in [0.717, 1.165) is 27.2 Å². The van der Waals surface area contributed by atoms with Crippen LogP contribution in [-0.2, 0) is 92.1 Å². The minimum Gasteiger partial charge on any atom is -0.491 e. The maximum atomic E-state index is 15.7. The number of rotatable bonds is 39. The first kappa shape index (κ1) is 105. The number of pyridine rings is 1. The van der Waals surface area contributed by atoms with Gasteiger partial charge in [0.05, 0.1) is 137 Å². The number of nitrogens with two attached hydrogens (primary N) is 2. The number of amides is 3. The zero-order valence-electron chi connectivity index (χ0n) is 75.3. The van der Waals surface area contributed by atoms with E-state index < -0.39 is 114 Å². The fraction of sp³-hybridized carbons (Fsp3) is 0.656. The fourth-order valence-electron chi connectivity index (χ4n) is 16.1. The van der Waals surface area contributed by atoms with Crippen LogP contribution in [0.4, 0.5) is 10.2 Å². The number of nitrogens with one attached hydrogen (secondary N) is 2. The Morgan fingerprint density at radius 2 is 1.36 bits per heavy atom. The molecule has 1 unspecified atom stereocenters. The highest BCUT2D eigenvalue weighted by molar-refractivity contribution is 7.99. The summed E-state index contributed by atoms with van der Waals surface area (Å²) >= 11 is 6.85. The molecule has 8 rings (SSSR count). The second-order valence-corrected chi connectivity index (χ2v) is 34.8. The maximum Gasteiger partial charge on any atom is 0.329 e. The van der Waals surface area contributed by atoms with Gasteiger partial charge in [-0.2, -0.15) is 0 Å². The van der Waals surface area contributed by atoms with Crippen LogP contribution in [0.25, 0.3) is 11.1 Å². The second kappa shape index (κ2) is 55.8. The van der Waals surface area contributed by atoms with Crippen molar-refractivity contribution in [2.75, 3.05) is 164 Å². The van der Waals surface area contributed by atoms with Crippen LogP contribution < -0.4 is 26.8 Å². The van der Waals surface area contributed by atoms with Gasteiger partial charge in [0.2, 0.25) is 11.7 Å². The Hall–Kier alpha value is -7.30. The number of ketones is 2. The summed E-state index contributed by atoms with van der Waals surface area (Å²) < 4.78 is 97.1. The molecule has 0 radical (unpaired) electrons. The van der Waals surface area contributed by atoms with Crippen LogP contribution in [0.15, 0.2) is 101 Å². The van der Waals surface area contributed by atoms with Gasteiger partial charge in [0.25, 0.3) is 22.8 Å². The predicted molar refractivity (Wildman–Crippen MR) is 480 cm³/mol. The number of hydrogen-bond donors (Lipinski definition) is 8. The molecule has 2 saturated heterocycles. The zero-order valence-corrected chi connectivity index (χ0v) is 77.0. The molecule has 2 bridgehead atoms. The van der Waals surface area contributed by atoms with Gasteiger partial charge < -0.3 is 119 Å². The molecule has 10 N–H and O–H groups in total. The average Bonchev–Trinajstić information content (AvgIpc) is 0.891. The van der Waals surface area contributed by atoms with Gasteiger partial charge in [-0.05, 0) is 168 Å². The summed E-state index contributed by atoms with van der Waals surface area (Å²) in [4.78, 5) is 90.8. The first-order valence-corrected chi connectivity index (χ1v) is 46.1. The number of Topliss-reactive ketones (excluding diaryl/α,β-unsaturated/α-hetero) is 2. The van der Waals surface area contributed by atoms with E-state index in [0.29, 0.717) is 212 Å². The lowest BCUT2D eigenvalue weighted by atomic mass is 9.80. The molecule has 708 valence electrons. The molecule has 4 aliphatic heterocycles. The highest BCUT2D eigenvalue weighted by Gasteiger charge is 2.53. The first-order valence-electron chi connectivity index (χ1n) is 44.7. The Morgan fingerprint density at radius 1 is 0.709 bits per heavy atom. The number of cyclic esters (lactones) is 1. The summed E-state index contributed by atoms with van der Waals surface area (Å²) in [6.07, 6.45) is 9.66. The lowest BCUT2D eigenvalue weighted by Crippen LogP contribution is -2.61. The molecule has 3 fully saturated rings. The molecule has 0 spiro atoms. The quantitative estimate of drug-likeness (QED) is 0.00662. The number of ether oxygens (including phenoxy) is 14. The smallest absolute Gasteiger partial charge is 0.329 e. The molecular formula is C93H138FN7O24S2. The molecule has 34 heteroatoms. The summed E-state index contributed by atoms with van der Waals surface area (Å²) in [5.74, 6) is -7.73. The van der Waals surface area contributed by atoms with Crippen molar-refractivity contribution in [3.05, 3.63) is 119 Å².